The predicted octanol–water partition coefficient (Wildman–Crippen LogP) is 1.77. The highest BCUT2D eigenvalue weighted by molar-refractivity contribution is 5.82. The molecule has 2 unspecified atom stereocenters. The fourth-order valence-corrected chi connectivity index (χ4v) is 2.78. The Balaban J connectivity index is 2.28. The average Bonchev–Trinajstić information content (AvgIpc) is 2.84. The molecule has 5 nitrogen and oxygen atoms in total. The molecule has 0 aromatic heterocycles. The molecule has 0 bridgehead atoms. The number of aliphatic carboxylic acids is 1. The van der Waals surface area contributed by atoms with E-state index in [9.17, 15) is 9.59 Å². The van der Waals surface area contributed by atoms with Crippen LogP contribution in [0.3, 0.4) is 0 Å². The molecule has 0 aromatic carbocycles. The minimum absolute atomic E-state index is 0.121. The van der Waals surface area contributed by atoms with E-state index in [-0.39, 0.29) is 17.7 Å². The third-order valence-electron chi connectivity index (χ3n) is 4.22. The van der Waals surface area contributed by atoms with Crippen LogP contribution < -0.4 is 10.6 Å². The Morgan fingerprint density at radius 1 is 1.35 bits per heavy atom. The van der Waals surface area contributed by atoms with Crippen molar-refractivity contribution in [2.24, 2.45) is 11.3 Å². The molecule has 20 heavy (non-hydrogen) atoms. The van der Waals surface area contributed by atoms with Crippen molar-refractivity contribution in [3.63, 3.8) is 0 Å². The molecule has 0 saturated carbocycles. The van der Waals surface area contributed by atoms with Crippen molar-refractivity contribution in [2.45, 2.75) is 52.4 Å². The maximum atomic E-state index is 12.1. The lowest BCUT2D eigenvalue weighted by Gasteiger charge is -2.22. The molecule has 1 amide bonds. The van der Waals surface area contributed by atoms with Crippen molar-refractivity contribution in [1.82, 2.24) is 10.6 Å². The first kappa shape index (κ1) is 17.0. The van der Waals surface area contributed by atoms with Gasteiger partial charge in [0, 0.05) is 19.5 Å². The summed E-state index contributed by atoms with van der Waals surface area (Å²) in [4.78, 5) is 22.8. The van der Waals surface area contributed by atoms with E-state index in [4.69, 9.17) is 5.11 Å². The number of nitrogens with one attached hydrogen (secondary N) is 2. The summed E-state index contributed by atoms with van der Waals surface area (Å²) in [5, 5.41) is 15.0. The summed E-state index contributed by atoms with van der Waals surface area (Å²) in [6, 6.07) is 0. The molecule has 0 aromatic rings. The van der Waals surface area contributed by atoms with Gasteiger partial charge in [-0.3, -0.25) is 9.59 Å². The smallest absolute Gasteiger partial charge is 0.303 e. The second-order valence-corrected chi connectivity index (χ2v) is 6.12. The fraction of sp³-hybridized carbons (Fsp3) is 0.867. The molecule has 1 aliphatic rings. The molecule has 1 rings (SSSR count). The third kappa shape index (κ3) is 5.49. The van der Waals surface area contributed by atoms with E-state index in [2.05, 4.69) is 17.6 Å². The van der Waals surface area contributed by atoms with Gasteiger partial charge in [0.25, 0.3) is 0 Å². The number of carboxylic acid groups (broad SMARTS) is 1. The summed E-state index contributed by atoms with van der Waals surface area (Å²) in [5.74, 6) is -0.221. The van der Waals surface area contributed by atoms with Crippen molar-refractivity contribution in [3.8, 4) is 0 Å². The maximum absolute atomic E-state index is 12.1. The molecule has 1 fully saturated rings. The molecule has 0 spiro atoms. The molecule has 0 radical (unpaired) electrons. The molecule has 1 heterocycles. The first-order valence-corrected chi connectivity index (χ1v) is 7.69. The van der Waals surface area contributed by atoms with Crippen LogP contribution in [0.5, 0.6) is 0 Å². The van der Waals surface area contributed by atoms with Gasteiger partial charge >= 0.3 is 5.97 Å². The number of carboxylic acids is 1. The van der Waals surface area contributed by atoms with Gasteiger partial charge < -0.3 is 15.7 Å². The van der Waals surface area contributed by atoms with Gasteiger partial charge in [0.1, 0.15) is 0 Å². The Bertz CT molecular complexity index is 325. The SMILES string of the molecule is CCCC(CCNC(=O)C1(C)CCNC1)CCC(=O)O. The van der Waals surface area contributed by atoms with E-state index in [1.54, 1.807) is 0 Å². The van der Waals surface area contributed by atoms with Crippen molar-refractivity contribution >= 4 is 11.9 Å². The Labute approximate surface area is 121 Å². The van der Waals surface area contributed by atoms with Crippen molar-refractivity contribution in [1.29, 1.82) is 0 Å². The Morgan fingerprint density at radius 2 is 2.10 bits per heavy atom. The van der Waals surface area contributed by atoms with Crippen LogP contribution in [-0.4, -0.2) is 36.6 Å². The van der Waals surface area contributed by atoms with Crippen LogP contribution in [0.25, 0.3) is 0 Å². The maximum Gasteiger partial charge on any atom is 0.303 e. The molecule has 1 aliphatic heterocycles. The van der Waals surface area contributed by atoms with Crippen LogP contribution in [0.2, 0.25) is 0 Å². The molecular formula is C15H28N2O3. The highest BCUT2D eigenvalue weighted by atomic mass is 16.4. The van der Waals surface area contributed by atoms with Crippen molar-refractivity contribution in [2.75, 3.05) is 19.6 Å². The minimum Gasteiger partial charge on any atom is -0.481 e. The number of amides is 1. The molecule has 0 aliphatic carbocycles. The van der Waals surface area contributed by atoms with E-state index in [1.165, 1.54) is 0 Å². The topological polar surface area (TPSA) is 78.4 Å². The van der Waals surface area contributed by atoms with Crippen LogP contribution in [-0.2, 0) is 9.59 Å². The van der Waals surface area contributed by atoms with Crippen LogP contribution in [0.1, 0.15) is 52.4 Å². The number of carbonyl (C=O) groups is 2. The number of hydrogen-bond donors (Lipinski definition) is 3. The van der Waals surface area contributed by atoms with E-state index < -0.39 is 5.97 Å². The van der Waals surface area contributed by atoms with Gasteiger partial charge in [0.15, 0.2) is 0 Å². The van der Waals surface area contributed by atoms with E-state index in [1.807, 2.05) is 6.92 Å². The zero-order chi connectivity index (χ0) is 15.0. The molecule has 2 atom stereocenters. The lowest BCUT2D eigenvalue weighted by molar-refractivity contribution is -0.137. The van der Waals surface area contributed by atoms with Crippen LogP contribution in [0.4, 0.5) is 0 Å². The first-order chi connectivity index (χ1) is 9.48. The normalized spacial score (nSPS) is 23.5. The minimum atomic E-state index is -0.736. The molecular weight excluding hydrogens is 256 g/mol. The number of hydrogen-bond acceptors (Lipinski definition) is 3. The first-order valence-electron chi connectivity index (χ1n) is 7.69. The van der Waals surface area contributed by atoms with Gasteiger partial charge in [-0.15, -0.1) is 0 Å². The van der Waals surface area contributed by atoms with Gasteiger partial charge in [-0.2, -0.15) is 0 Å². The molecule has 1 saturated heterocycles. The van der Waals surface area contributed by atoms with Crippen LogP contribution in [0, 0.1) is 11.3 Å². The third-order valence-corrected chi connectivity index (χ3v) is 4.22. The summed E-state index contributed by atoms with van der Waals surface area (Å²) < 4.78 is 0. The lowest BCUT2D eigenvalue weighted by Crippen LogP contribution is -2.41. The van der Waals surface area contributed by atoms with E-state index in [0.717, 1.165) is 38.8 Å². The lowest BCUT2D eigenvalue weighted by atomic mass is 9.88. The zero-order valence-electron chi connectivity index (χ0n) is 12.7. The van der Waals surface area contributed by atoms with Crippen LogP contribution >= 0.6 is 0 Å². The summed E-state index contributed by atoms with van der Waals surface area (Å²) in [5.41, 5.74) is -0.276. The van der Waals surface area contributed by atoms with Gasteiger partial charge in [0.05, 0.1) is 5.41 Å². The summed E-state index contributed by atoms with van der Waals surface area (Å²) in [7, 11) is 0. The summed E-state index contributed by atoms with van der Waals surface area (Å²) in [6.45, 7) is 6.41. The monoisotopic (exact) mass is 284 g/mol. The van der Waals surface area contributed by atoms with Crippen LogP contribution in [0.15, 0.2) is 0 Å². The second-order valence-electron chi connectivity index (χ2n) is 6.12. The Hall–Kier alpha value is -1.10. The van der Waals surface area contributed by atoms with Crippen molar-refractivity contribution in [3.05, 3.63) is 0 Å². The van der Waals surface area contributed by atoms with Gasteiger partial charge in [0.2, 0.25) is 5.91 Å². The number of rotatable bonds is 9. The molecule has 116 valence electrons. The predicted molar refractivity (Wildman–Crippen MR) is 78.5 cm³/mol. The highest BCUT2D eigenvalue weighted by Crippen LogP contribution is 2.24. The zero-order valence-corrected chi connectivity index (χ0v) is 12.7. The van der Waals surface area contributed by atoms with E-state index in [0.29, 0.717) is 18.9 Å². The summed E-state index contributed by atoms with van der Waals surface area (Å²) in [6.07, 6.45) is 4.77. The average molecular weight is 284 g/mol. The Kier molecular flexibility index (Phi) is 6.99. The standard InChI is InChI=1S/C15H28N2O3/c1-3-4-12(5-6-13(18)19)7-9-17-14(20)15(2)8-10-16-11-15/h12,16H,3-11H2,1-2H3,(H,17,20)(H,18,19). The second kappa shape index (κ2) is 8.25. The van der Waals surface area contributed by atoms with Crippen molar-refractivity contribution < 1.29 is 14.7 Å². The van der Waals surface area contributed by atoms with Gasteiger partial charge in [-0.1, -0.05) is 19.8 Å². The van der Waals surface area contributed by atoms with Gasteiger partial charge in [-0.25, -0.2) is 0 Å². The number of carbonyl (C=O) groups excluding carboxylic acids is 1. The Morgan fingerprint density at radius 3 is 2.65 bits per heavy atom. The fourth-order valence-electron chi connectivity index (χ4n) is 2.78. The molecule has 3 N–H and O–H groups in total. The molecule has 5 heteroatoms. The summed E-state index contributed by atoms with van der Waals surface area (Å²) >= 11 is 0. The largest absolute Gasteiger partial charge is 0.481 e. The van der Waals surface area contributed by atoms with E-state index >= 15 is 0 Å². The van der Waals surface area contributed by atoms with Gasteiger partial charge in [-0.05, 0) is 38.6 Å². The quantitative estimate of drug-likeness (QED) is 0.603. The highest BCUT2D eigenvalue weighted by Gasteiger charge is 2.35.